The molecule has 2 aliphatic rings. The van der Waals surface area contributed by atoms with Gasteiger partial charge in [0.2, 0.25) is 0 Å². The zero-order valence-corrected chi connectivity index (χ0v) is 11.5. The number of fused-ring (bicyclic) bond motifs is 2. The average molecular weight is 285 g/mol. The Morgan fingerprint density at radius 2 is 1.80 bits per heavy atom. The second-order valence-electron chi connectivity index (χ2n) is 5.04. The second kappa shape index (κ2) is 5.22. The highest BCUT2D eigenvalue weighted by Crippen LogP contribution is 2.31. The number of rotatable bonds is 2. The van der Waals surface area contributed by atoms with E-state index in [9.17, 15) is 9.59 Å². The van der Waals surface area contributed by atoms with Crippen LogP contribution in [-0.4, -0.2) is 11.6 Å². The second-order valence-corrected chi connectivity index (χ2v) is 5.47. The van der Waals surface area contributed by atoms with E-state index in [1.165, 1.54) is 0 Å². The molecule has 3 rings (SSSR count). The quantitative estimate of drug-likeness (QED) is 0.775. The normalized spacial score (nSPS) is 24.2. The molecular weight excluding hydrogens is 272 g/mol. The minimum atomic E-state index is -0.282. The molecule has 0 heterocycles. The van der Waals surface area contributed by atoms with Crippen molar-refractivity contribution in [3.05, 3.63) is 70.8 Å². The first-order chi connectivity index (χ1) is 9.65. The predicted octanol–water partition coefficient (Wildman–Crippen LogP) is 3.78. The zero-order valence-electron chi connectivity index (χ0n) is 10.8. The van der Waals surface area contributed by atoms with Crippen molar-refractivity contribution in [2.45, 2.75) is 6.42 Å². The van der Waals surface area contributed by atoms with Gasteiger partial charge < -0.3 is 0 Å². The fourth-order valence-corrected chi connectivity index (χ4v) is 2.73. The lowest BCUT2D eigenvalue weighted by atomic mass is 9.79. The van der Waals surface area contributed by atoms with Crippen molar-refractivity contribution in [1.82, 2.24) is 0 Å². The van der Waals surface area contributed by atoms with Crippen LogP contribution >= 0.6 is 11.6 Å². The number of carbonyl (C=O) groups excluding carboxylic acids is 2. The highest BCUT2D eigenvalue weighted by Gasteiger charge is 2.31. The summed E-state index contributed by atoms with van der Waals surface area (Å²) in [5.74, 6) is -0.322. The van der Waals surface area contributed by atoms with Gasteiger partial charge in [-0.15, -0.1) is 0 Å². The van der Waals surface area contributed by atoms with Crippen LogP contribution in [0.3, 0.4) is 0 Å². The van der Waals surface area contributed by atoms with Crippen molar-refractivity contribution < 1.29 is 9.59 Å². The molecule has 1 aromatic carbocycles. The van der Waals surface area contributed by atoms with E-state index in [0.717, 1.165) is 0 Å². The third kappa shape index (κ3) is 2.39. The number of hydrogen-bond acceptors (Lipinski definition) is 2. The molecule has 2 bridgehead atoms. The van der Waals surface area contributed by atoms with Gasteiger partial charge in [-0.1, -0.05) is 42.0 Å². The number of benzene rings is 1. The highest BCUT2D eigenvalue weighted by molar-refractivity contribution is 6.30. The smallest absolute Gasteiger partial charge is 0.188 e. The first-order valence-corrected chi connectivity index (χ1v) is 6.92. The molecule has 2 unspecified atom stereocenters. The first kappa shape index (κ1) is 13.1. The van der Waals surface area contributed by atoms with Gasteiger partial charge in [0.25, 0.3) is 0 Å². The first-order valence-electron chi connectivity index (χ1n) is 6.55. The van der Waals surface area contributed by atoms with Crippen molar-refractivity contribution in [1.29, 1.82) is 0 Å². The third-order valence-electron chi connectivity index (χ3n) is 3.69. The SMILES string of the molecule is O=C(C1=CC2C=CC=CC(C1)C2=O)c1ccc(Cl)cc1. The minimum absolute atomic E-state index is 0.0205. The highest BCUT2D eigenvalue weighted by atomic mass is 35.5. The maximum Gasteiger partial charge on any atom is 0.188 e. The van der Waals surface area contributed by atoms with Crippen LogP contribution in [0.1, 0.15) is 16.8 Å². The monoisotopic (exact) mass is 284 g/mol. The predicted molar refractivity (Wildman–Crippen MR) is 78.7 cm³/mol. The van der Waals surface area contributed by atoms with Gasteiger partial charge in [-0.3, -0.25) is 9.59 Å². The van der Waals surface area contributed by atoms with Crippen LogP contribution in [0.4, 0.5) is 0 Å². The average Bonchev–Trinajstić information content (AvgIpc) is 2.57. The number of allylic oxidation sites excluding steroid dienone is 6. The minimum Gasteiger partial charge on any atom is -0.298 e. The van der Waals surface area contributed by atoms with Crippen LogP contribution in [0.5, 0.6) is 0 Å². The van der Waals surface area contributed by atoms with Gasteiger partial charge in [0.05, 0.1) is 5.92 Å². The van der Waals surface area contributed by atoms with Crippen LogP contribution in [0.2, 0.25) is 5.02 Å². The maximum absolute atomic E-state index is 12.5. The van der Waals surface area contributed by atoms with Gasteiger partial charge in [-0.25, -0.2) is 0 Å². The van der Waals surface area contributed by atoms with Crippen molar-refractivity contribution in [2.24, 2.45) is 11.8 Å². The summed E-state index contributed by atoms with van der Waals surface area (Å²) < 4.78 is 0. The molecule has 1 aromatic rings. The van der Waals surface area contributed by atoms with Crippen molar-refractivity contribution in [3.63, 3.8) is 0 Å². The van der Waals surface area contributed by atoms with Crippen LogP contribution in [-0.2, 0) is 4.79 Å². The molecule has 0 saturated carbocycles. The Bertz CT molecular complexity index is 650. The van der Waals surface area contributed by atoms with Gasteiger partial charge in [0.1, 0.15) is 0 Å². The summed E-state index contributed by atoms with van der Waals surface area (Å²) in [6, 6.07) is 6.85. The molecule has 20 heavy (non-hydrogen) atoms. The molecule has 0 fully saturated rings. The van der Waals surface area contributed by atoms with Crippen LogP contribution < -0.4 is 0 Å². The lowest BCUT2D eigenvalue weighted by Crippen LogP contribution is -2.26. The molecule has 100 valence electrons. The Morgan fingerprint density at radius 1 is 1.10 bits per heavy atom. The molecule has 0 aliphatic heterocycles. The maximum atomic E-state index is 12.5. The van der Waals surface area contributed by atoms with Crippen molar-refractivity contribution >= 4 is 23.2 Å². The lowest BCUT2D eigenvalue weighted by molar-refractivity contribution is -0.123. The Balaban J connectivity index is 1.93. The zero-order chi connectivity index (χ0) is 14.1. The van der Waals surface area contributed by atoms with Gasteiger partial charge in [-0.2, -0.15) is 0 Å². The van der Waals surface area contributed by atoms with Crippen LogP contribution in [0.25, 0.3) is 0 Å². The van der Waals surface area contributed by atoms with Crippen LogP contribution in [0.15, 0.2) is 60.2 Å². The number of Topliss-reactive ketones (excluding diaryl/α,β-unsaturated/α-hetero) is 2. The van der Waals surface area contributed by atoms with E-state index in [2.05, 4.69) is 0 Å². The van der Waals surface area contributed by atoms with E-state index >= 15 is 0 Å². The molecule has 2 atom stereocenters. The summed E-state index contributed by atoms with van der Waals surface area (Å²) in [6.45, 7) is 0. The summed E-state index contributed by atoms with van der Waals surface area (Å²) in [7, 11) is 0. The number of halogens is 1. The third-order valence-corrected chi connectivity index (χ3v) is 3.94. The van der Waals surface area contributed by atoms with E-state index in [1.54, 1.807) is 30.3 Å². The van der Waals surface area contributed by atoms with E-state index in [1.807, 2.05) is 24.3 Å². The topological polar surface area (TPSA) is 34.1 Å². The number of carbonyl (C=O) groups is 2. The van der Waals surface area contributed by atoms with Crippen molar-refractivity contribution in [2.75, 3.05) is 0 Å². The van der Waals surface area contributed by atoms with E-state index < -0.39 is 0 Å². The number of ketones is 2. The molecule has 2 aliphatic carbocycles. The standard InChI is InChI=1S/C17H13ClO2/c18-15-7-5-11(6-8-15)16(19)14-9-12-3-1-2-4-13(10-14)17(12)20/h1-9,12-13H,10H2. The molecule has 0 spiro atoms. The summed E-state index contributed by atoms with van der Waals surface area (Å²) in [6.07, 6.45) is 9.74. The number of hydrogen-bond donors (Lipinski definition) is 0. The Hall–Kier alpha value is -1.93. The molecule has 3 heteroatoms. The summed E-state index contributed by atoms with van der Waals surface area (Å²) >= 11 is 5.83. The fourth-order valence-electron chi connectivity index (χ4n) is 2.60. The summed E-state index contributed by atoms with van der Waals surface area (Å²) in [4.78, 5) is 24.6. The lowest BCUT2D eigenvalue weighted by Gasteiger charge is -2.22. The van der Waals surface area contributed by atoms with Crippen molar-refractivity contribution in [3.8, 4) is 0 Å². The Morgan fingerprint density at radius 3 is 2.55 bits per heavy atom. The van der Waals surface area contributed by atoms with Crippen LogP contribution in [0, 0.1) is 11.8 Å². The summed E-state index contributed by atoms with van der Waals surface area (Å²) in [5.41, 5.74) is 1.32. The summed E-state index contributed by atoms with van der Waals surface area (Å²) in [5, 5.41) is 0.605. The van der Waals surface area contributed by atoms with Gasteiger partial charge in [0, 0.05) is 16.5 Å². The molecular formula is C17H13ClO2. The van der Waals surface area contributed by atoms with Gasteiger partial charge in [0.15, 0.2) is 11.6 Å². The van der Waals surface area contributed by atoms with Gasteiger partial charge >= 0.3 is 0 Å². The van der Waals surface area contributed by atoms with E-state index in [-0.39, 0.29) is 23.4 Å². The fraction of sp³-hybridized carbons (Fsp3) is 0.176. The largest absolute Gasteiger partial charge is 0.298 e. The molecule has 0 amide bonds. The molecule has 2 nitrogen and oxygen atoms in total. The van der Waals surface area contributed by atoms with E-state index in [4.69, 9.17) is 11.6 Å². The molecule has 0 radical (unpaired) electrons. The molecule has 0 N–H and O–H groups in total. The Kier molecular flexibility index (Phi) is 3.41. The van der Waals surface area contributed by atoms with E-state index in [0.29, 0.717) is 22.6 Å². The Labute approximate surface area is 122 Å². The molecule has 0 saturated heterocycles. The van der Waals surface area contributed by atoms with Gasteiger partial charge in [-0.05, 0) is 36.3 Å². The molecule has 0 aromatic heterocycles.